The number of halogens is 1. The van der Waals surface area contributed by atoms with Crippen LogP contribution in [0.4, 0.5) is 0 Å². The van der Waals surface area contributed by atoms with Crippen molar-refractivity contribution in [1.29, 1.82) is 5.26 Å². The van der Waals surface area contributed by atoms with Gasteiger partial charge in [0.15, 0.2) is 0 Å². The van der Waals surface area contributed by atoms with Gasteiger partial charge in [0.25, 0.3) is 0 Å². The molecule has 0 saturated carbocycles. The molecule has 0 aliphatic rings. The number of hydrogen-bond donors (Lipinski definition) is 0. The molecular weight excluding hydrogens is 241 g/mol. The molecule has 3 nitrogen and oxygen atoms in total. The van der Waals surface area contributed by atoms with E-state index in [1.807, 2.05) is 19.2 Å². The van der Waals surface area contributed by atoms with Gasteiger partial charge in [-0.05, 0) is 29.5 Å². The molecule has 0 amide bonds. The van der Waals surface area contributed by atoms with Crippen LogP contribution >= 0.6 is 22.6 Å². The molecule has 0 atom stereocenters. The van der Waals surface area contributed by atoms with Gasteiger partial charge in [0.1, 0.15) is 6.54 Å². The maximum atomic E-state index is 8.31. The molecule has 0 aromatic carbocycles. The molecule has 0 bridgehead atoms. The lowest BCUT2D eigenvalue weighted by atomic mass is 10.5. The minimum atomic E-state index is 0.337. The highest BCUT2D eigenvalue weighted by atomic mass is 127. The van der Waals surface area contributed by atoms with Crippen LogP contribution in [0.25, 0.3) is 0 Å². The Morgan fingerprint density at radius 2 is 2.60 bits per heavy atom. The van der Waals surface area contributed by atoms with Crippen molar-refractivity contribution in [1.82, 2.24) is 9.78 Å². The largest absolute Gasteiger partial charge is 0.257 e. The van der Waals surface area contributed by atoms with E-state index < -0.39 is 0 Å². The van der Waals surface area contributed by atoms with Crippen LogP contribution in [0.2, 0.25) is 0 Å². The smallest absolute Gasteiger partial charge is 0.128 e. The van der Waals surface area contributed by atoms with Gasteiger partial charge in [-0.2, -0.15) is 10.4 Å². The fourth-order valence-electron chi connectivity index (χ4n) is 0.647. The number of nitrogens with zero attached hydrogens (tertiary/aromatic N) is 3. The van der Waals surface area contributed by atoms with E-state index in [2.05, 4.69) is 27.7 Å². The molecule has 1 heterocycles. The summed E-state index contributed by atoms with van der Waals surface area (Å²) in [7, 11) is 0. The van der Waals surface area contributed by atoms with Crippen LogP contribution < -0.4 is 0 Å². The number of rotatable bonds is 1. The van der Waals surface area contributed by atoms with Gasteiger partial charge >= 0.3 is 0 Å². The van der Waals surface area contributed by atoms with Gasteiger partial charge in [-0.1, -0.05) is 0 Å². The fourth-order valence-corrected chi connectivity index (χ4v) is 1.08. The van der Waals surface area contributed by atoms with Crippen molar-refractivity contribution in [2.24, 2.45) is 0 Å². The SMILES string of the molecule is Cc1nn(CC#N)cc1I. The molecule has 0 unspecified atom stereocenters. The lowest BCUT2D eigenvalue weighted by Crippen LogP contribution is -1.95. The summed E-state index contributed by atoms with van der Waals surface area (Å²) in [5.41, 5.74) is 0.982. The third-order valence-electron chi connectivity index (χ3n) is 1.12. The quantitative estimate of drug-likeness (QED) is 0.702. The first-order chi connectivity index (χ1) is 4.74. The van der Waals surface area contributed by atoms with Crippen molar-refractivity contribution in [3.63, 3.8) is 0 Å². The first-order valence-corrected chi connectivity index (χ1v) is 3.88. The van der Waals surface area contributed by atoms with Crippen LogP contribution in [0.5, 0.6) is 0 Å². The van der Waals surface area contributed by atoms with Crippen LogP contribution in [0.1, 0.15) is 5.69 Å². The van der Waals surface area contributed by atoms with Crippen molar-refractivity contribution in [3.05, 3.63) is 15.5 Å². The highest BCUT2D eigenvalue weighted by Crippen LogP contribution is 2.07. The normalized spacial score (nSPS) is 9.30. The monoisotopic (exact) mass is 247 g/mol. The summed E-state index contributed by atoms with van der Waals surface area (Å²) in [4.78, 5) is 0. The zero-order valence-electron chi connectivity index (χ0n) is 5.50. The van der Waals surface area contributed by atoms with E-state index in [0.717, 1.165) is 9.26 Å². The topological polar surface area (TPSA) is 41.6 Å². The highest BCUT2D eigenvalue weighted by molar-refractivity contribution is 14.1. The number of nitriles is 1. The summed E-state index contributed by atoms with van der Waals surface area (Å²) in [6, 6.07) is 2.02. The van der Waals surface area contributed by atoms with Gasteiger partial charge < -0.3 is 0 Å². The molecule has 10 heavy (non-hydrogen) atoms. The number of aromatic nitrogens is 2. The Bertz CT molecular complexity index is 252. The van der Waals surface area contributed by atoms with Crippen LogP contribution in [0, 0.1) is 21.8 Å². The van der Waals surface area contributed by atoms with Crippen LogP contribution in [0.3, 0.4) is 0 Å². The molecule has 0 N–H and O–H groups in total. The lowest BCUT2D eigenvalue weighted by molar-refractivity contribution is 0.701. The minimum absolute atomic E-state index is 0.337. The van der Waals surface area contributed by atoms with Crippen molar-refractivity contribution in [2.45, 2.75) is 13.5 Å². The molecule has 0 aliphatic heterocycles. The molecule has 0 fully saturated rings. The zero-order valence-corrected chi connectivity index (χ0v) is 7.66. The van der Waals surface area contributed by atoms with Gasteiger partial charge in [-0.3, -0.25) is 4.68 Å². The maximum absolute atomic E-state index is 8.31. The first-order valence-electron chi connectivity index (χ1n) is 2.80. The van der Waals surface area contributed by atoms with E-state index in [0.29, 0.717) is 6.54 Å². The van der Waals surface area contributed by atoms with Gasteiger partial charge in [0.2, 0.25) is 0 Å². The summed E-state index contributed by atoms with van der Waals surface area (Å²) in [5, 5.41) is 12.4. The third kappa shape index (κ3) is 1.48. The summed E-state index contributed by atoms with van der Waals surface area (Å²) >= 11 is 2.19. The molecular formula is C6H6IN3. The molecule has 1 aromatic rings. The molecule has 1 rings (SSSR count). The summed E-state index contributed by atoms with van der Waals surface area (Å²) in [5.74, 6) is 0. The Morgan fingerprint density at radius 3 is 3.00 bits per heavy atom. The first kappa shape index (κ1) is 7.54. The standard InChI is InChI=1S/C6H6IN3/c1-5-6(7)4-10(9-5)3-2-8/h4H,3H2,1H3. The molecule has 0 spiro atoms. The molecule has 0 aliphatic carbocycles. The zero-order chi connectivity index (χ0) is 7.56. The van der Waals surface area contributed by atoms with E-state index >= 15 is 0 Å². The van der Waals surface area contributed by atoms with Crippen molar-refractivity contribution in [2.75, 3.05) is 0 Å². The highest BCUT2D eigenvalue weighted by Gasteiger charge is 1.98. The number of hydrogen-bond acceptors (Lipinski definition) is 2. The number of aryl methyl sites for hydroxylation is 1. The Morgan fingerprint density at radius 1 is 1.90 bits per heavy atom. The van der Waals surface area contributed by atoms with Crippen LogP contribution in [0.15, 0.2) is 6.20 Å². The minimum Gasteiger partial charge on any atom is -0.257 e. The second kappa shape index (κ2) is 3.01. The van der Waals surface area contributed by atoms with Gasteiger partial charge in [-0.25, -0.2) is 0 Å². The van der Waals surface area contributed by atoms with E-state index in [1.165, 1.54) is 0 Å². The maximum Gasteiger partial charge on any atom is 0.128 e. The molecule has 4 heteroatoms. The van der Waals surface area contributed by atoms with E-state index in [4.69, 9.17) is 5.26 Å². The Labute approximate surface area is 72.8 Å². The van der Waals surface area contributed by atoms with Crippen molar-refractivity contribution in [3.8, 4) is 6.07 Å². The Kier molecular flexibility index (Phi) is 2.27. The summed E-state index contributed by atoms with van der Waals surface area (Å²) < 4.78 is 2.74. The third-order valence-corrected chi connectivity index (χ3v) is 2.18. The predicted molar refractivity (Wildman–Crippen MR) is 45.3 cm³/mol. The van der Waals surface area contributed by atoms with Gasteiger partial charge in [0, 0.05) is 6.20 Å². The van der Waals surface area contributed by atoms with Crippen molar-refractivity contribution >= 4 is 22.6 Å². The van der Waals surface area contributed by atoms with Gasteiger partial charge in [0.05, 0.1) is 15.3 Å². The molecule has 52 valence electrons. The summed E-state index contributed by atoms with van der Waals surface area (Å²) in [6.45, 7) is 2.26. The molecule has 0 saturated heterocycles. The molecule has 1 aromatic heterocycles. The fraction of sp³-hybridized carbons (Fsp3) is 0.333. The van der Waals surface area contributed by atoms with Crippen LogP contribution in [-0.2, 0) is 6.54 Å². The summed E-state index contributed by atoms with van der Waals surface area (Å²) in [6.07, 6.45) is 1.86. The Hall–Kier alpha value is -0.570. The van der Waals surface area contributed by atoms with Gasteiger partial charge in [-0.15, -0.1) is 0 Å². The average Bonchev–Trinajstić information content (AvgIpc) is 2.14. The van der Waals surface area contributed by atoms with Crippen molar-refractivity contribution < 1.29 is 0 Å². The van der Waals surface area contributed by atoms with E-state index in [9.17, 15) is 0 Å². The Balaban J connectivity index is 2.90. The average molecular weight is 247 g/mol. The van der Waals surface area contributed by atoms with Crippen LogP contribution in [-0.4, -0.2) is 9.78 Å². The second-order valence-electron chi connectivity index (χ2n) is 1.92. The van der Waals surface area contributed by atoms with E-state index in [1.54, 1.807) is 4.68 Å². The lowest BCUT2D eigenvalue weighted by Gasteiger charge is -1.86. The molecule has 0 radical (unpaired) electrons. The second-order valence-corrected chi connectivity index (χ2v) is 3.08. The predicted octanol–water partition coefficient (Wildman–Crippen LogP) is 1.32. The van der Waals surface area contributed by atoms with E-state index in [-0.39, 0.29) is 0 Å².